The van der Waals surface area contributed by atoms with Crippen molar-refractivity contribution in [3.05, 3.63) is 71.8 Å². The van der Waals surface area contributed by atoms with Crippen molar-refractivity contribution in [3.8, 4) is 0 Å². The molecule has 0 radical (unpaired) electrons. The maximum absolute atomic E-state index is 15.8. The first-order chi connectivity index (χ1) is 30.0. The highest BCUT2D eigenvalue weighted by molar-refractivity contribution is 7.56. The van der Waals surface area contributed by atoms with E-state index < -0.39 is 38.3 Å². The van der Waals surface area contributed by atoms with Crippen LogP contribution in [0.2, 0.25) is 0 Å². The van der Waals surface area contributed by atoms with Gasteiger partial charge < -0.3 is 27.9 Å². The molecule has 2 aromatic rings. The Bertz CT molecular complexity index is 1530. The fourth-order valence-electron chi connectivity index (χ4n) is 6.92. The molecule has 2 aromatic carbocycles. The largest absolute Gasteiger partial charge is 0.359 e. The minimum atomic E-state index is -4.13. The van der Waals surface area contributed by atoms with E-state index in [4.69, 9.17) is 28.1 Å². The van der Waals surface area contributed by atoms with Crippen molar-refractivity contribution in [1.82, 2.24) is 9.80 Å². The zero-order chi connectivity index (χ0) is 45.6. The van der Waals surface area contributed by atoms with Crippen molar-refractivity contribution in [3.63, 3.8) is 0 Å². The minimum Gasteiger partial charge on any atom is -0.359 e. The van der Waals surface area contributed by atoms with Crippen LogP contribution in [0.25, 0.3) is 0 Å². The zero-order valence-electron chi connectivity index (χ0n) is 39.4. The van der Waals surface area contributed by atoms with E-state index in [1.807, 2.05) is 49.6 Å². The average Bonchev–Trinajstić information content (AvgIpc) is 3.27. The normalized spacial score (nSPS) is 13.5. The van der Waals surface area contributed by atoms with Crippen LogP contribution in [0.5, 0.6) is 0 Å². The predicted octanol–water partition coefficient (Wildman–Crippen LogP) is 12.9. The summed E-state index contributed by atoms with van der Waals surface area (Å²) in [6.07, 6.45) is 8.84. The van der Waals surface area contributed by atoms with Crippen molar-refractivity contribution in [2.75, 3.05) is 52.6 Å². The molecule has 350 valence electrons. The Kier molecular flexibility index (Phi) is 28.3. The van der Waals surface area contributed by atoms with Crippen LogP contribution in [0.3, 0.4) is 0 Å². The van der Waals surface area contributed by atoms with E-state index in [1.54, 1.807) is 48.5 Å². The highest BCUT2D eigenvalue weighted by Crippen LogP contribution is 2.60. The van der Waals surface area contributed by atoms with E-state index in [-0.39, 0.29) is 39.3 Å². The molecule has 14 heteroatoms. The van der Waals surface area contributed by atoms with Gasteiger partial charge in [-0.3, -0.25) is 18.7 Å². The number of carbonyl (C=O) groups is 2. The van der Waals surface area contributed by atoms with Crippen LogP contribution in [-0.4, -0.2) is 97.2 Å². The zero-order valence-corrected chi connectivity index (χ0v) is 41.2. The molecule has 0 aromatic heterocycles. The Morgan fingerprint density at radius 1 is 0.468 bits per heavy atom. The Morgan fingerprint density at radius 2 is 0.742 bits per heavy atom. The Hall–Kier alpha value is -2.98. The van der Waals surface area contributed by atoms with Crippen molar-refractivity contribution >= 4 is 38.7 Å². The standard InChI is InChI=1S/C48H80N4O8P2/c1-9-17-37-57-61(55,58-38-18-10-2)43(45(51(33-13-5)34-14-6)49-47(53)41-27-23-21-24-28-41)31-32-44(62(56,59-39-19-11-3)60-40-20-12-4)46(52(35-15-7)36-16-8)50-48(54)42-29-25-22-26-30-42/h21-30,43-44H,9-20,31-40H2,1-8H3. The summed E-state index contributed by atoms with van der Waals surface area (Å²) in [6, 6.07) is 17.7. The van der Waals surface area contributed by atoms with Gasteiger partial charge in [0.1, 0.15) is 23.0 Å². The lowest BCUT2D eigenvalue weighted by Gasteiger charge is -2.37. The van der Waals surface area contributed by atoms with Gasteiger partial charge in [0.15, 0.2) is 0 Å². The molecule has 0 aliphatic heterocycles. The summed E-state index contributed by atoms with van der Waals surface area (Å²) in [5.41, 5.74) is -1.32. The number of hydrogen-bond acceptors (Lipinski definition) is 8. The lowest BCUT2D eigenvalue weighted by molar-refractivity contribution is 0.0992. The van der Waals surface area contributed by atoms with E-state index in [0.29, 0.717) is 74.7 Å². The maximum atomic E-state index is 15.8. The van der Waals surface area contributed by atoms with Gasteiger partial charge in [0.05, 0.1) is 26.4 Å². The van der Waals surface area contributed by atoms with E-state index in [0.717, 1.165) is 51.4 Å². The third kappa shape index (κ3) is 18.6. The van der Waals surface area contributed by atoms with Crippen LogP contribution in [0.4, 0.5) is 0 Å². The summed E-state index contributed by atoms with van der Waals surface area (Å²) in [5, 5.41) is 0. The summed E-state index contributed by atoms with van der Waals surface area (Å²) in [7, 11) is -8.25. The van der Waals surface area contributed by atoms with Crippen molar-refractivity contribution in [2.24, 2.45) is 9.98 Å². The number of amidine groups is 2. The third-order valence-corrected chi connectivity index (χ3v) is 14.9. The number of nitrogens with zero attached hydrogens (tertiary/aromatic N) is 4. The monoisotopic (exact) mass is 903 g/mol. The van der Waals surface area contributed by atoms with Gasteiger partial charge in [-0.2, -0.15) is 9.98 Å². The molecule has 0 N–H and O–H groups in total. The number of amides is 2. The molecule has 0 heterocycles. The van der Waals surface area contributed by atoms with Crippen LogP contribution in [0.1, 0.15) is 166 Å². The number of unbranched alkanes of at least 4 members (excludes halogenated alkanes) is 4. The second kappa shape index (κ2) is 31.8. The number of rotatable bonds is 33. The first-order valence-electron chi connectivity index (χ1n) is 23.7. The molecule has 0 bridgehead atoms. The second-order valence-corrected chi connectivity index (χ2v) is 20.1. The first-order valence-corrected chi connectivity index (χ1v) is 26.9. The van der Waals surface area contributed by atoms with Crippen molar-refractivity contribution in [2.45, 2.75) is 157 Å². The molecular formula is C48H80N4O8P2. The highest BCUT2D eigenvalue weighted by atomic mass is 31.2. The molecule has 0 aliphatic rings. The molecule has 2 rings (SSSR count). The molecule has 0 saturated carbocycles. The number of hydrogen-bond donors (Lipinski definition) is 0. The summed E-state index contributed by atoms with van der Waals surface area (Å²) >= 11 is 0. The van der Waals surface area contributed by atoms with Gasteiger partial charge in [-0.05, 0) is 88.5 Å². The lowest BCUT2D eigenvalue weighted by atomic mass is 10.1. The van der Waals surface area contributed by atoms with Gasteiger partial charge in [0, 0.05) is 37.3 Å². The molecule has 0 spiro atoms. The molecule has 0 aliphatic carbocycles. The molecule has 0 saturated heterocycles. The fourth-order valence-corrected chi connectivity index (χ4v) is 11.3. The van der Waals surface area contributed by atoms with E-state index >= 15 is 9.13 Å². The Balaban J connectivity index is 3.12. The smallest absolute Gasteiger partial charge is 0.341 e. The molecule has 2 unspecified atom stereocenters. The molecule has 62 heavy (non-hydrogen) atoms. The molecule has 12 nitrogen and oxygen atoms in total. The van der Waals surface area contributed by atoms with E-state index in [2.05, 4.69) is 27.7 Å². The van der Waals surface area contributed by atoms with E-state index in [1.165, 1.54) is 0 Å². The van der Waals surface area contributed by atoms with Crippen molar-refractivity contribution in [1.29, 1.82) is 0 Å². The van der Waals surface area contributed by atoms with Gasteiger partial charge in [0.2, 0.25) is 0 Å². The summed E-state index contributed by atoms with van der Waals surface area (Å²) < 4.78 is 57.3. The van der Waals surface area contributed by atoms with Gasteiger partial charge in [-0.25, -0.2) is 0 Å². The molecule has 2 atom stereocenters. The molecule has 2 amide bonds. The SMILES string of the molecule is CCCCOP(=O)(OCCCC)C(CCC(C(=NC(=O)c1ccccc1)N(CCC)CCC)P(=O)(OCCCC)OCCCC)C(=NC(=O)c1ccccc1)N(CCC)CCC. The number of carbonyl (C=O) groups excluding carboxylic acids is 2. The van der Waals surface area contributed by atoms with Gasteiger partial charge in [-0.1, -0.05) is 117 Å². The third-order valence-electron chi connectivity index (χ3n) is 10.2. The minimum absolute atomic E-state index is 0.0495. The number of benzene rings is 2. The van der Waals surface area contributed by atoms with Crippen LogP contribution >= 0.6 is 15.2 Å². The Morgan fingerprint density at radius 3 is 0.984 bits per heavy atom. The summed E-state index contributed by atoms with van der Waals surface area (Å²) in [5.74, 6) is -0.331. The quantitative estimate of drug-likeness (QED) is 0.0295. The highest BCUT2D eigenvalue weighted by Gasteiger charge is 2.47. The van der Waals surface area contributed by atoms with Gasteiger partial charge >= 0.3 is 15.2 Å². The summed E-state index contributed by atoms with van der Waals surface area (Å²) in [6.45, 7) is 19.2. The number of aliphatic imine (C=N–C) groups is 2. The van der Waals surface area contributed by atoms with Crippen molar-refractivity contribution < 1.29 is 36.8 Å². The van der Waals surface area contributed by atoms with Crippen LogP contribution in [0.15, 0.2) is 70.6 Å². The molecular weight excluding hydrogens is 822 g/mol. The van der Waals surface area contributed by atoms with Gasteiger partial charge in [0.25, 0.3) is 11.8 Å². The van der Waals surface area contributed by atoms with E-state index in [9.17, 15) is 9.59 Å². The maximum Gasteiger partial charge on any atom is 0.341 e. The lowest BCUT2D eigenvalue weighted by Crippen LogP contribution is -2.44. The predicted molar refractivity (Wildman–Crippen MR) is 256 cm³/mol. The van der Waals surface area contributed by atoms with Crippen LogP contribution < -0.4 is 0 Å². The Labute approximate surface area is 375 Å². The first kappa shape index (κ1) is 55.2. The van der Waals surface area contributed by atoms with Crippen LogP contribution in [-0.2, 0) is 27.2 Å². The topological polar surface area (TPSA) is 136 Å². The van der Waals surface area contributed by atoms with Crippen LogP contribution in [0, 0.1) is 0 Å². The molecule has 0 fully saturated rings. The van der Waals surface area contributed by atoms with Gasteiger partial charge in [-0.15, -0.1) is 0 Å². The second-order valence-electron chi connectivity index (χ2n) is 15.7. The fraction of sp³-hybridized carbons (Fsp3) is 0.667. The average molecular weight is 903 g/mol. The summed E-state index contributed by atoms with van der Waals surface area (Å²) in [4.78, 5) is 42.1.